The van der Waals surface area contributed by atoms with Crippen LogP contribution in [0.5, 0.6) is 11.5 Å². The van der Waals surface area contributed by atoms with Crippen LogP contribution in [-0.2, 0) is 13.1 Å². The van der Waals surface area contributed by atoms with Crippen LogP contribution in [0.1, 0.15) is 11.1 Å². The molecule has 0 bridgehead atoms. The van der Waals surface area contributed by atoms with Gasteiger partial charge in [0.15, 0.2) is 0 Å². The predicted octanol–water partition coefficient (Wildman–Crippen LogP) is 2.73. The maximum atomic E-state index is 9.21. The molecule has 0 radical (unpaired) electrons. The molecule has 2 rings (SSSR count). The Balaban J connectivity index is 1.94. The molecular weight excluding hydrogens is 226 g/mol. The molecule has 0 saturated heterocycles. The molecule has 3 nitrogen and oxygen atoms in total. The zero-order valence-electron chi connectivity index (χ0n) is 10.4. The van der Waals surface area contributed by atoms with Crippen LogP contribution in [-0.4, -0.2) is 22.2 Å². The van der Waals surface area contributed by atoms with Gasteiger partial charge >= 0.3 is 0 Å². The highest BCUT2D eigenvalue weighted by Gasteiger charge is 2.02. The summed E-state index contributed by atoms with van der Waals surface area (Å²) < 4.78 is 0. The Morgan fingerprint density at radius 2 is 1.06 bits per heavy atom. The molecule has 0 spiro atoms. The van der Waals surface area contributed by atoms with Gasteiger partial charge in [0.25, 0.3) is 0 Å². The molecule has 2 aromatic rings. The Labute approximate surface area is 107 Å². The van der Waals surface area contributed by atoms with Crippen molar-refractivity contribution in [3.05, 3.63) is 59.7 Å². The molecule has 3 heteroatoms. The van der Waals surface area contributed by atoms with Crippen molar-refractivity contribution in [2.75, 3.05) is 7.05 Å². The van der Waals surface area contributed by atoms with Crippen molar-refractivity contribution in [2.45, 2.75) is 13.1 Å². The second kappa shape index (κ2) is 5.56. The summed E-state index contributed by atoms with van der Waals surface area (Å²) in [6.07, 6.45) is 0. The topological polar surface area (TPSA) is 43.7 Å². The first-order valence-electron chi connectivity index (χ1n) is 5.88. The van der Waals surface area contributed by atoms with Gasteiger partial charge in [-0.1, -0.05) is 24.3 Å². The molecule has 94 valence electrons. The molecule has 2 N–H and O–H groups in total. The summed E-state index contributed by atoms with van der Waals surface area (Å²) in [5.74, 6) is 0.583. The van der Waals surface area contributed by atoms with Crippen molar-refractivity contribution < 1.29 is 10.2 Å². The van der Waals surface area contributed by atoms with Gasteiger partial charge in [0.1, 0.15) is 11.5 Å². The van der Waals surface area contributed by atoms with Crippen molar-refractivity contribution in [1.82, 2.24) is 4.90 Å². The third-order valence-electron chi connectivity index (χ3n) is 2.78. The van der Waals surface area contributed by atoms with Crippen LogP contribution in [0, 0.1) is 0 Å². The highest BCUT2D eigenvalue weighted by atomic mass is 16.3. The van der Waals surface area contributed by atoms with E-state index in [-0.39, 0.29) is 0 Å². The van der Waals surface area contributed by atoms with Crippen molar-refractivity contribution in [2.24, 2.45) is 0 Å². The third kappa shape index (κ3) is 3.50. The fraction of sp³-hybridized carbons (Fsp3) is 0.200. The van der Waals surface area contributed by atoms with Gasteiger partial charge in [0, 0.05) is 13.1 Å². The molecule has 0 heterocycles. The summed E-state index contributed by atoms with van der Waals surface area (Å²) in [5, 5.41) is 18.4. The maximum Gasteiger partial charge on any atom is 0.115 e. The monoisotopic (exact) mass is 243 g/mol. The average molecular weight is 243 g/mol. The van der Waals surface area contributed by atoms with Gasteiger partial charge in [0.2, 0.25) is 0 Å². The Kier molecular flexibility index (Phi) is 3.85. The minimum atomic E-state index is 0.292. The molecule has 0 unspecified atom stereocenters. The number of nitrogens with zero attached hydrogens (tertiary/aromatic N) is 1. The number of phenolic OH excluding ortho intramolecular Hbond substituents is 2. The third-order valence-corrected chi connectivity index (χ3v) is 2.78. The van der Waals surface area contributed by atoms with E-state index in [1.165, 1.54) is 0 Å². The van der Waals surface area contributed by atoms with Crippen molar-refractivity contribution >= 4 is 0 Å². The lowest BCUT2D eigenvalue weighted by Crippen LogP contribution is -2.17. The van der Waals surface area contributed by atoms with Gasteiger partial charge in [-0.25, -0.2) is 0 Å². The lowest BCUT2D eigenvalue weighted by molar-refractivity contribution is 0.318. The summed E-state index contributed by atoms with van der Waals surface area (Å²) in [7, 11) is 2.04. The maximum absolute atomic E-state index is 9.21. The largest absolute Gasteiger partial charge is 0.508 e. The summed E-state index contributed by atoms with van der Waals surface area (Å²) in [4.78, 5) is 2.18. The molecule has 0 saturated carbocycles. The first kappa shape index (κ1) is 12.5. The Bertz CT molecular complexity index is 443. The Hall–Kier alpha value is -2.00. The number of hydrogen-bond acceptors (Lipinski definition) is 3. The number of phenols is 2. The fourth-order valence-electron chi connectivity index (χ4n) is 1.88. The zero-order valence-corrected chi connectivity index (χ0v) is 10.4. The van der Waals surface area contributed by atoms with Crippen LogP contribution in [0.15, 0.2) is 48.5 Å². The van der Waals surface area contributed by atoms with Crippen molar-refractivity contribution in [3.63, 3.8) is 0 Å². The second-order valence-corrected chi connectivity index (χ2v) is 4.51. The quantitative estimate of drug-likeness (QED) is 0.867. The fourth-order valence-corrected chi connectivity index (χ4v) is 1.88. The molecule has 18 heavy (non-hydrogen) atoms. The van der Waals surface area contributed by atoms with E-state index in [4.69, 9.17) is 0 Å². The number of benzene rings is 2. The van der Waals surface area contributed by atoms with Crippen LogP contribution in [0.2, 0.25) is 0 Å². The minimum absolute atomic E-state index is 0.292. The standard InChI is InChI=1S/C15H17NO2/c1-16(10-12-2-6-14(17)7-3-12)11-13-4-8-15(18)9-5-13/h2-9,17-18H,10-11H2,1H3. The molecule has 0 atom stereocenters. The van der Waals surface area contributed by atoms with Gasteiger partial charge in [-0.15, -0.1) is 0 Å². The summed E-state index contributed by atoms with van der Waals surface area (Å²) >= 11 is 0. The Morgan fingerprint density at radius 3 is 1.39 bits per heavy atom. The van der Waals surface area contributed by atoms with Crippen LogP contribution in [0.3, 0.4) is 0 Å². The van der Waals surface area contributed by atoms with Crippen LogP contribution < -0.4 is 0 Å². The molecule has 0 aliphatic heterocycles. The molecule has 0 aromatic heterocycles. The van der Waals surface area contributed by atoms with Gasteiger partial charge in [-0.05, 0) is 42.4 Å². The first-order valence-corrected chi connectivity index (χ1v) is 5.88. The van der Waals surface area contributed by atoms with E-state index in [1.54, 1.807) is 24.3 Å². The molecular formula is C15H17NO2. The summed E-state index contributed by atoms with van der Waals surface area (Å²) in [6, 6.07) is 14.5. The minimum Gasteiger partial charge on any atom is -0.508 e. The van der Waals surface area contributed by atoms with Gasteiger partial charge in [0.05, 0.1) is 0 Å². The summed E-state index contributed by atoms with van der Waals surface area (Å²) in [6.45, 7) is 1.64. The first-order chi connectivity index (χ1) is 8.63. The lowest BCUT2D eigenvalue weighted by atomic mass is 10.1. The molecule has 2 aromatic carbocycles. The van der Waals surface area contributed by atoms with E-state index < -0.39 is 0 Å². The molecule has 0 amide bonds. The van der Waals surface area contributed by atoms with E-state index in [0.29, 0.717) is 11.5 Å². The number of hydrogen-bond donors (Lipinski definition) is 2. The zero-order chi connectivity index (χ0) is 13.0. The van der Waals surface area contributed by atoms with Crippen molar-refractivity contribution in [1.29, 1.82) is 0 Å². The van der Waals surface area contributed by atoms with E-state index in [0.717, 1.165) is 24.2 Å². The van der Waals surface area contributed by atoms with Gasteiger partial charge < -0.3 is 10.2 Å². The Morgan fingerprint density at radius 1 is 0.722 bits per heavy atom. The van der Waals surface area contributed by atoms with Gasteiger partial charge in [-0.3, -0.25) is 4.90 Å². The van der Waals surface area contributed by atoms with E-state index in [2.05, 4.69) is 4.90 Å². The van der Waals surface area contributed by atoms with Crippen LogP contribution in [0.25, 0.3) is 0 Å². The van der Waals surface area contributed by atoms with E-state index >= 15 is 0 Å². The normalized spacial score (nSPS) is 10.8. The molecule has 0 aliphatic carbocycles. The van der Waals surface area contributed by atoms with Crippen LogP contribution in [0.4, 0.5) is 0 Å². The van der Waals surface area contributed by atoms with Crippen LogP contribution >= 0.6 is 0 Å². The predicted molar refractivity (Wildman–Crippen MR) is 71.4 cm³/mol. The van der Waals surface area contributed by atoms with Crippen molar-refractivity contribution in [3.8, 4) is 11.5 Å². The van der Waals surface area contributed by atoms with E-state index in [9.17, 15) is 10.2 Å². The van der Waals surface area contributed by atoms with E-state index in [1.807, 2.05) is 31.3 Å². The average Bonchev–Trinajstić information content (AvgIpc) is 2.35. The highest BCUT2D eigenvalue weighted by Crippen LogP contribution is 2.14. The SMILES string of the molecule is CN(Cc1ccc(O)cc1)Cc1ccc(O)cc1. The highest BCUT2D eigenvalue weighted by molar-refractivity contribution is 5.27. The number of rotatable bonds is 4. The molecule has 0 aliphatic rings. The second-order valence-electron chi connectivity index (χ2n) is 4.51. The summed E-state index contributed by atoms with van der Waals surface area (Å²) in [5.41, 5.74) is 2.32. The smallest absolute Gasteiger partial charge is 0.115 e. The molecule has 0 fully saturated rings. The van der Waals surface area contributed by atoms with Gasteiger partial charge in [-0.2, -0.15) is 0 Å². The lowest BCUT2D eigenvalue weighted by Gasteiger charge is -2.16. The number of aromatic hydroxyl groups is 2.